The number of aliphatic carboxylic acids is 1. The molecule has 2 N–H and O–H groups in total. The summed E-state index contributed by atoms with van der Waals surface area (Å²) in [6.45, 7) is 1.28. The molecular weight excluding hydrogens is 238 g/mol. The highest BCUT2D eigenvalue weighted by atomic mass is 32.2. The number of aromatic nitrogens is 2. The largest absolute Gasteiger partial charge is 0.480 e. The molecule has 1 heterocycles. The second-order valence-corrected chi connectivity index (χ2v) is 4.66. The van der Waals surface area contributed by atoms with Crippen LogP contribution in [0.25, 0.3) is 0 Å². The average molecular weight is 247 g/mol. The van der Waals surface area contributed by atoms with Crippen LogP contribution in [0.4, 0.5) is 0 Å². The molecule has 0 saturated heterocycles. The molecule has 0 bridgehead atoms. The maximum Gasteiger partial charge on any atom is 0.327 e. The molecule has 0 aliphatic rings. The summed E-state index contributed by atoms with van der Waals surface area (Å²) in [7, 11) is 0. The Bertz CT molecular complexity index is 341. The van der Waals surface area contributed by atoms with E-state index in [1.54, 1.807) is 0 Å². The highest BCUT2D eigenvalue weighted by Crippen LogP contribution is 2.18. The van der Waals surface area contributed by atoms with Gasteiger partial charge in [0.1, 0.15) is 12.4 Å². The van der Waals surface area contributed by atoms with E-state index in [4.69, 9.17) is 5.11 Å². The van der Waals surface area contributed by atoms with Crippen LogP contribution < -0.4 is 5.32 Å². The summed E-state index contributed by atoms with van der Waals surface area (Å²) in [6.07, 6.45) is 1.40. The molecule has 1 aromatic rings. The zero-order valence-corrected chi connectivity index (χ0v) is 9.47. The lowest BCUT2D eigenvalue weighted by Gasteiger charge is -2.11. The van der Waals surface area contributed by atoms with E-state index >= 15 is 0 Å². The third-order valence-electron chi connectivity index (χ3n) is 1.39. The van der Waals surface area contributed by atoms with Crippen molar-refractivity contribution in [1.29, 1.82) is 0 Å². The van der Waals surface area contributed by atoms with Gasteiger partial charge >= 0.3 is 5.97 Å². The van der Waals surface area contributed by atoms with Crippen molar-refractivity contribution in [3.63, 3.8) is 0 Å². The topological polar surface area (TPSA) is 92.2 Å². The molecule has 0 unspecified atom stereocenters. The lowest BCUT2D eigenvalue weighted by Crippen LogP contribution is -2.41. The number of nitrogens with zero attached hydrogens (tertiary/aromatic N) is 2. The van der Waals surface area contributed by atoms with E-state index in [0.717, 1.165) is 0 Å². The van der Waals surface area contributed by atoms with Crippen molar-refractivity contribution >= 4 is 35.2 Å². The molecule has 0 radical (unpaired) electrons. The third kappa shape index (κ3) is 4.26. The number of hydrogen-bond acceptors (Lipinski definition) is 6. The van der Waals surface area contributed by atoms with Crippen LogP contribution in [0, 0.1) is 0 Å². The summed E-state index contributed by atoms with van der Waals surface area (Å²) < 4.78 is 4.47. The van der Waals surface area contributed by atoms with Gasteiger partial charge in [0.15, 0.2) is 4.34 Å². The zero-order chi connectivity index (χ0) is 11.3. The number of carbonyl (C=O) groups is 2. The number of carboxylic acids is 1. The molecule has 1 aromatic heterocycles. The smallest absolute Gasteiger partial charge is 0.327 e. The van der Waals surface area contributed by atoms with Crippen molar-refractivity contribution < 1.29 is 14.7 Å². The number of hydrogen-bond donors (Lipinski definition) is 2. The van der Waals surface area contributed by atoms with Crippen LogP contribution in [0.3, 0.4) is 0 Å². The fraction of sp³-hybridized carbons (Fsp3) is 0.429. The predicted octanol–water partition coefficient (Wildman–Crippen LogP) is 0.220. The van der Waals surface area contributed by atoms with Crippen LogP contribution >= 0.6 is 23.3 Å². The summed E-state index contributed by atoms with van der Waals surface area (Å²) in [5, 5.41) is 11.1. The molecule has 15 heavy (non-hydrogen) atoms. The first kappa shape index (κ1) is 11.9. The van der Waals surface area contributed by atoms with Crippen LogP contribution in [0.15, 0.2) is 10.7 Å². The average Bonchev–Trinajstić information content (AvgIpc) is 2.63. The van der Waals surface area contributed by atoms with E-state index in [1.165, 1.54) is 36.5 Å². The van der Waals surface area contributed by atoms with E-state index < -0.39 is 12.0 Å². The Morgan fingerprint density at radius 3 is 2.93 bits per heavy atom. The van der Waals surface area contributed by atoms with Crippen LogP contribution in [0.1, 0.15) is 6.92 Å². The van der Waals surface area contributed by atoms with Gasteiger partial charge in [-0.05, 0) is 11.5 Å². The molecule has 1 atom stereocenters. The molecule has 0 saturated carbocycles. The Morgan fingerprint density at radius 1 is 1.73 bits per heavy atom. The van der Waals surface area contributed by atoms with Crippen molar-refractivity contribution in [2.24, 2.45) is 0 Å². The molecular formula is C7H9N3O3S2. The normalized spacial score (nSPS) is 12.1. The van der Waals surface area contributed by atoms with Crippen molar-refractivity contribution in [3.05, 3.63) is 6.33 Å². The second-order valence-electron chi connectivity index (χ2n) is 2.61. The quantitative estimate of drug-likeness (QED) is 0.723. The van der Waals surface area contributed by atoms with E-state index in [1.807, 2.05) is 0 Å². The minimum Gasteiger partial charge on any atom is -0.480 e. The van der Waals surface area contributed by atoms with Crippen LogP contribution in [0.2, 0.25) is 0 Å². The Balaban J connectivity index is 2.45. The lowest BCUT2D eigenvalue weighted by molar-refractivity contribution is -0.140. The van der Waals surface area contributed by atoms with Crippen molar-refractivity contribution in [1.82, 2.24) is 14.7 Å². The summed E-state index contributed by atoms with van der Waals surface area (Å²) in [4.78, 5) is 25.3. The predicted molar refractivity (Wildman–Crippen MR) is 55.9 cm³/mol. The summed E-state index contributed by atoms with van der Waals surface area (Å²) in [5.74, 6) is -1.17. The minimum absolute atomic E-state index is 0.240. The van der Waals surface area contributed by atoms with Gasteiger partial charge in [0, 0.05) is 12.7 Å². The van der Waals surface area contributed by atoms with Crippen molar-refractivity contribution in [2.75, 3.05) is 5.75 Å². The second kappa shape index (κ2) is 5.66. The van der Waals surface area contributed by atoms with Crippen molar-refractivity contribution in [3.8, 4) is 0 Å². The summed E-state index contributed by atoms with van der Waals surface area (Å²) >= 11 is 2.45. The van der Waals surface area contributed by atoms with Gasteiger partial charge in [-0.25, -0.2) is 9.78 Å². The maximum atomic E-state index is 10.7. The Labute approximate surface area is 94.3 Å². The first-order valence-electron chi connectivity index (χ1n) is 3.99. The highest BCUT2D eigenvalue weighted by Gasteiger charge is 2.18. The first-order chi connectivity index (χ1) is 7.09. The van der Waals surface area contributed by atoms with Crippen LogP contribution in [0.5, 0.6) is 0 Å². The van der Waals surface area contributed by atoms with E-state index in [0.29, 0.717) is 4.34 Å². The number of thioether (sulfide) groups is 1. The number of nitrogens with one attached hydrogen (secondary N) is 1. The van der Waals surface area contributed by atoms with Gasteiger partial charge in [-0.3, -0.25) is 4.79 Å². The Hall–Kier alpha value is -1.15. The lowest BCUT2D eigenvalue weighted by atomic mass is 10.3. The molecule has 0 aromatic carbocycles. The van der Waals surface area contributed by atoms with Gasteiger partial charge in [-0.1, -0.05) is 11.8 Å². The van der Waals surface area contributed by atoms with Gasteiger partial charge in [0.05, 0.1) is 0 Å². The minimum atomic E-state index is -1.05. The molecule has 1 amide bonds. The van der Waals surface area contributed by atoms with Gasteiger partial charge in [-0.15, -0.1) is 0 Å². The number of amides is 1. The fourth-order valence-electron chi connectivity index (χ4n) is 0.801. The van der Waals surface area contributed by atoms with E-state index in [9.17, 15) is 9.59 Å². The Morgan fingerprint density at radius 2 is 2.47 bits per heavy atom. The molecule has 8 heteroatoms. The summed E-state index contributed by atoms with van der Waals surface area (Å²) in [5.41, 5.74) is 0. The van der Waals surface area contributed by atoms with Gasteiger partial charge < -0.3 is 10.4 Å². The molecule has 0 aliphatic heterocycles. The molecule has 0 aliphatic carbocycles. The first-order valence-corrected chi connectivity index (χ1v) is 5.75. The van der Waals surface area contributed by atoms with Crippen LogP contribution in [-0.2, 0) is 9.59 Å². The molecule has 82 valence electrons. The molecule has 6 nitrogen and oxygen atoms in total. The van der Waals surface area contributed by atoms with E-state index in [2.05, 4.69) is 14.7 Å². The third-order valence-corrected chi connectivity index (χ3v) is 3.28. The van der Waals surface area contributed by atoms with E-state index in [-0.39, 0.29) is 11.7 Å². The van der Waals surface area contributed by atoms with Gasteiger partial charge in [0.2, 0.25) is 5.91 Å². The van der Waals surface area contributed by atoms with Crippen molar-refractivity contribution in [2.45, 2.75) is 17.3 Å². The molecule has 0 spiro atoms. The number of carboxylic acid groups (broad SMARTS) is 1. The van der Waals surface area contributed by atoms with Crippen LogP contribution in [-0.4, -0.2) is 38.1 Å². The highest BCUT2D eigenvalue weighted by molar-refractivity contribution is 8.01. The standard InChI is InChI=1S/C7H9N3O3S2/c1-4(11)10-5(6(12)13)2-14-7-8-3-9-15-7/h3,5H,2H2,1H3,(H,10,11)(H,12,13)/t5-/m0/s1. The van der Waals surface area contributed by atoms with Gasteiger partial charge in [0.25, 0.3) is 0 Å². The molecule has 1 rings (SSSR count). The fourth-order valence-corrected chi connectivity index (χ4v) is 2.28. The zero-order valence-electron chi connectivity index (χ0n) is 7.84. The summed E-state index contributed by atoms with van der Waals surface area (Å²) in [6, 6.07) is -0.892. The Kier molecular flexibility index (Phi) is 4.50. The SMILES string of the molecule is CC(=O)N[C@@H](CSc1ncns1)C(=O)O. The number of carbonyl (C=O) groups excluding carboxylic acids is 1. The van der Waals surface area contributed by atoms with Gasteiger partial charge in [-0.2, -0.15) is 4.37 Å². The monoisotopic (exact) mass is 247 g/mol. The molecule has 0 fully saturated rings. The maximum absolute atomic E-state index is 10.7. The number of rotatable bonds is 5.